The zero-order valence-electron chi connectivity index (χ0n) is 14.4. The average molecular weight is 293 g/mol. The van der Waals surface area contributed by atoms with Crippen LogP contribution >= 0.6 is 0 Å². The zero-order valence-corrected chi connectivity index (χ0v) is 14.4. The molecule has 0 saturated carbocycles. The van der Waals surface area contributed by atoms with Gasteiger partial charge >= 0.3 is 0 Å². The van der Waals surface area contributed by atoms with E-state index in [1.807, 2.05) is 12.3 Å². The lowest BCUT2D eigenvalue weighted by atomic mass is 10.0. The van der Waals surface area contributed by atoms with Gasteiger partial charge < -0.3 is 14.8 Å². The third-order valence-corrected chi connectivity index (χ3v) is 3.91. The van der Waals surface area contributed by atoms with E-state index in [1.165, 1.54) is 0 Å². The van der Waals surface area contributed by atoms with Crippen LogP contribution in [0.5, 0.6) is 0 Å². The van der Waals surface area contributed by atoms with Gasteiger partial charge in [0.15, 0.2) is 0 Å². The number of carbonyl (C=O) groups is 1. The molecule has 0 radical (unpaired) electrons. The molecule has 0 atom stereocenters. The highest BCUT2D eigenvalue weighted by atomic mass is 16.1. The van der Waals surface area contributed by atoms with Crippen molar-refractivity contribution in [1.29, 1.82) is 0 Å². The molecule has 0 aliphatic carbocycles. The third kappa shape index (κ3) is 4.60. The highest BCUT2D eigenvalue weighted by Gasteiger charge is 2.19. The molecular formula is C17H31N3O. The Balaban J connectivity index is 2.74. The third-order valence-electron chi connectivity index (χ3n) is 3.91. The van der Waals surface area contributed by atoms with Crippen molar-refractivity contribution >= 4 is 5.91 Å². The summed E-state index contributed by atoms with van der Waals surface area (Å²) < 4.78 is 2.20. The summed E-state index contributed by atoms with van der Waals surface area (Å²) in [7, 11) is 0. The molecule has 0 unspecified atom stereocenters. The number of hydrogen-bond donors (Lipinski definition) is 1. The van der Waals surface area contributed by atoms with Gasteiger partial charge in [-0.25, -0.2) is 0 Å². The van der Waals surface area contributed by atoms with E-state index in [4.69, 9.17) is 0 Å². The lowest BCUT2D eigenvalue weighted by Gasteiger charge is -2.19. The molecule has 1 aromatic rings. The van der Waals surface area contributed by atoms with Crippen LogP contribution in [0.3, 0.4) is 0 Å². The molecule has 0 spiro atoms. The van der Waals surface area contributed by atoms with Gasteiger partial charge in [0, 0.05) is 31.0 Å². The van der Waals surface area contributed by atoms with Crippen LogP contribution in [-0.2, 0) is 0 Å². The Morgan fingerprint density at radius 3 is 2.33 bits per heavy atom. The van der Waals surface area contributed by atoms with Gasteiger partial charge in [0.25, 0.3) is 5.91 Å². The van der Waals surface area contributed by atoms with Gasteiger partial charge in [0.1, 0.15) is 0 Å². The fourth-order valence-electron chi connectivity index (χ4n) is 2.67. The van der Waals surface area contributed by atoms with Gasteiger partial charge in [-0.2, -0.15) is 0 Å². The van der Waals surface area contributed by atoms with Crippen LogP contribution in [0.25, 0.3) is 0 Å². The molecule has 4 heteroatoms. The summed E-state index contributed by atoms with van der Waals surface area (Å²) in [5.41, 5.74) is 1.95. The first-order chi connectivity index (χ1) is 9.92. The van der Waals surface area contributed by atoms with Crippen molar-refractivity contribution in [3.8, 4) is 0 Å². The molecule has 0 bridgehead atoms. The molecule has 4 nitrogen and oxygen atoms in total. The van der Waals surface area contributed by atoms with Crippen LogP contribution < -0.4 is 5.32 Å². The summed E-state index contributed by atoms with van der Waals surface area (Å²) in [6, 6.07) is 2.32. The van der Waals surface area contributed by atoms with E-state index in [0.29, 0.717) is 18.5 Å². The summed E-state index contributed by atoms with van der Waals surface area (Å²) in [5.74, 6) is 0.385. The quantitative estimate of drug-likeness (QED) is 0.799. The van der Waals surface area contributed by atoms with Gasteiger partial charge in [-0.05, 0) is 38.9 Å². The molecule has 1 rings (SSSR count). The smallest absolute Gasteiger partial charge is 0.253 e. The highest BCUT2D eigenvalue weighted by molar-refractivity contribution is 5.95. The van der Waals surface area contributed by atoms with E-state index >= 15 is 0 Å². The predicted octanol–water partition coefficient (Wildman–Crippen LogP) is 3.26. The van der Waals surface area contributed by atoms with Crippen LogP contribution in [0.15, 0.2) is 12.3 Å². The number of nitrogens with zero attached hydrogens (tertiary/aromatic N) is 2. The van der Waals surface area contributed by atoms with Crippen molar-refractivity contribution < 1.29 is 4.79 Å². The lowest BCUT2D eigenvalue weighted by molar-refractivity contribution is 0.0947. The molecule has 0 saturated heterocycles. The van der Waals surface area contributed by atoms with Crippen molar-refractivity contribution in [3.63, 3.8) is 0 Å². The van der Waals surface area contributed by atoms with E-state index in [0.717, 1.165) is 30.9 Å². The Morgan fingerprint density at radius 2 is 1.86 bits per heavy atom. The molecule has 120 valence electrons. The van der Waals surface area contributed by atoms with E-state index in [1.54, 1.807) is 0 Å². The van der Waals surface area contributed by atoms with Gasteiger partial charge in [0.05, 0.1) is 5.56 Å². The highest BCUT2D eigenvalue weighted by Crippen LogP contribution is 2.24. The molecule has 0 aliphatic rings. The molecule has 1 amide bonds. The summed E-state index contributed by atoms with van der Waals surface area (Å²) in [6.45, 7) is 16.5. The summed E-state index contributed by atoms with van der Waals surface area (Å²) >= 11 is 0. The molecule has 0 aliphatic heterocycles. The van der Waals surface area contributed by atoms with Crippen molar-refractivity contribution in [3.05, 3.63) is 23.5 Å². The average Bonchev–Trinajstić information content (AvgIpc) is 2.88. The standard InChI is InChI=1S/C17H31N3O/c1-7-19(8-2)12-10-18-17(21)15-9-11-20(14(5)6)16(15)13(3)4/h9,11,13-14H,7-8,10,12H2,1-6H3,(H,18,21). The first-order valence-corrected chi connectivity index (χ1v) is 8.13. The van der Waals surface area contributed by atoms with E-state index in [9.17, 15) is 4.79 Å². The Bertz CT molecular complexity index is 445. The topological polar surface area (TPSA) is 37.3 Å². The molecule has 21 heavy (non-hydrogen) atoms. The minimum atomic E-state index is 0.0465. The maximum absolute atomic E-state index is 12.4. The number of likely N-dealkylation sites (N-methyl/N-ethyl adjacent to an activating group) is 1. The number of nitrogens with one attached hydrogen (secondary N) is 1. The second-order valence-corrected chi connectivity index (χ2v) is 6.05. The van der Waals surface area contributed by atoms with Crippen LogP contribution in [0.2, 0.25) is 0 Å². The van der Waals surface area contributed by atoms with Crippen LogP contribution in [0.1, 0.15) is 69.6 Å². The maximum atomic E-state index is 12.4. The number of rotatable bonds is 8. The van der Waals surface area contributed by atoms with Crippen LogP contribution in [0, 0.1) is 0 Å². The summed E-state index contributed by atoms with van der Waals surface area (Å²) in [6.07, 6.45) is 2.03. The van der Waals surface area contributed by atoms with E-state index in [-0.39, 0.29) is 5.91 Å². The Kier molecular flexibility index (Phi) is 6.96. The number of hydrogen-bond acceptors (Lipinski definition) is 2. The molecule has 1 heterocycles. The number of carbonyl (C=O) groups excluding carboxylic acids is 1. The van der Waals surface area contributed by atoms with Crippen molar-refractivity contribution in [1.82, 2.24) is 14.8 Å². The van der Waals surface area contributed by atoms with Gasteiger partial charge in [-0.3, -0.25) is 4.79 Å². The van der Waals surface area contributed by atoms with Crippen molar-refractivity contribution in [2.75, 3.05) is 26.2 Å². The lowest BCUT2D eigenvalue weighted by Crippen LogP contribution is -2.35. The van der Waals surface area contributed by atoms with Crippen LogP contribution in [-0.4, -0.2) is 41.6 Å². The minimum absolute atomic E-state index is 0.0465. The second-order valence-electron chi connectivity index (χ2n) is 6.05. The minimum Gasteiger partial charge on any atom is -0.351 e. The number of amides is 1. The van der Waals surface area contributed by atoms with E-state index in [2.05, 4.69) is 56.3 Å². The monoisotopic (exact) mass is 293 g/mol. The molecular weight excluding hydrogens is 262 g/mol. The van der Waals surface area contributed by atoms with Gasteiger partial charge in [-0.1, -0.05) is 27.7 Å². The Labute approximate surface area is 129 Å². The maximum Gasteiger partial charge on any atom is 0.253 e. The summed E-state index contributed by atoms with van der Waals surface area (Å²) in [5, 5.41) is 3.05. The number of aromatic nitrogens is 1. The largest absolute Gasteiger partial charge is 0.351 e. The second kappa shape index (κ2) is 8.23. The first kappa shape index (κ1) is 17.8. The summed E-state index contributed by atoms with van der Waals surface area (Å²) in [4.78, 5) is 14.7. The Morgan fingerprint density at radius 1 is 1.24 bits per heavy atom. The molecule has 0 fully saturated rings. The van der Waals surface area contributed by atoms with Crippen molar-refractivity contribution in [2.24, 2.45) is 0 Å². The SMILES string of the molecule is CCN(CC)CCNC(=O)c1ccn(C(C)C)c1C(C)C. The van der Waals surface area contributed by atoms with Crippen molar-refractivity contribution in [2.45, 2.75) is 53.5 Å². The van der Waals surface area contributed by atoms with Crippen LogP contribution in [0.4, 0.5) is 0 Å². The van der Waals surface area contributed by atoms with Gasteiger partial charge in [-0.15, -0.1) is 0 Å². The molecule has 1 aromatic heterocycles. The fourth-order valence-corrected chi connectivity index (χ4v) is 2.67. The Hall–Kier alpha value is -1.29. The predicted molar refractivity (Wildman–Crippen MR) is 89.0 cm³/mol. The van der Waals surface area contributed by atoms with E-state index < -0.39 is 0 Å². The zero-order chi connectivity index (χ0) is 16.0. The fraction of sp³-hybridized carbons (Fsp3) is 0.706. The molecule has 1 N–H and O–H groups in total. The normalized spacial score (nSPS) is 11.7. The van der Waals surface area contributed by atoms with Gasteiger partial charge in [0.2, 0.25) is 0 Å². The molecule has 0 aromatic carbocycles. The first-order valence-electron chi connectivity index (χ1n) is 8.13.